The normalized spacial score (nSPS) is 9.71. The van der Waals surface area contributed by atoms with E-state index in [1.165, 1.54) is 11.3 Å². The second-order valence-corrected chi connectivity index (χ2v) is 4.07. The number of aromatic nitrogens is 1. The fourth-order valence-corrected chi connectivity index (χ4v) is 1.67. The van der Waals surface area contributed by atoms with E-state index >= 15 is 0 Å². The number of aromatic amines is 1. The number of nitrogens with one attached hydrogen (secondary N) is 2. The lowest BCUT2D eigenvalue weighted by molar-refractivity contribution is -0.137. The van der Waals surface area contributed by atoms with E-state index < -0.39 is 5.97 Å². The van der Waals surface area contributed by atoms with Crippen molar-refractivity contribution in [2.75, 3.05) is 6.54 Å². The first kappa shape index (κ1) is 10.9. The molecule has 3 N–H and O–H groups in total. The Labute approximate surface area is 88.8 Å². The Hall–Kier alpha value is -1.21. The number of thiazole rings is 1. The minimum Gasteiger partial charge on any atom is -0.480 e. The molecule has 0 aromatic carbocycles. The molecular formula is C7H8N2O3S2. The predicted molar refractivity (Wildman–Crippen MR) is 53.9 cm³/mol. The Morgan fingerprint density at radius 1 is 1.64 bits per heavy atom. The fourth-order valence-electron chi connectivity index (χ4n) is 0.810. The maximum absolute atomic E-state index is 11.1. The van der Waals surface area contributed by atoms with E-state index in [4.69, 9.17) is 17.3 Å². The van der Waals surface area contributed by atoms with Gasteiger partial charge in [-0.05, 0) is 12.2 Å². The first-order chi connectivity index (χ1) is 6.58. The molecule has 5 nitrogen and oxygen atoms in total. The van der Waals surface area contributed by atoms with E-state index in [0.29, 0.717) is 9.65 Å². The van der Waals surface area contributed by atoms with Gasteiger partial charge in [0.25, 0.3) is 0 Å². The van der Waals surface area contributed by atoms with Gasteiger partial charge >= 0.3 is 5.97 Å². The van der Waals surface area contributed by atoms with Gasteiger partial charge in [-0.25, -0.2) is 0 Å². The number of carboxylic acids is 1. The van der Waals surface area contributed by atoms with Crippen molar-refractivity contribution in [1.82, 2.24) is 10.3 Å². The van der Waals surface area contributed by atoms with E-state index in [1.807, 2.05) is 0 Å². The van der Waals surface area contributed by atoms with Gasteiger partial charge in [0, 0.05) is 11.1 Å². The van der Waals surface area contributed by atoms with Gasteiger partial charge in [-0.3, -0.25) is 9.59 Å². The summed E-state index contributed by atoms with van der Waals surface area (Å²) < 4.78 is 0.603. The third-order valence-electron chi connectivity index (χ3n) is 1.36. The summed E-state index contributed by atoms with van der Waals surface area (Å²) in [5.74, 6) is -1.40. The summed E-state index contributed by atoms with van der Waals surface area (Å²) in [6.45, 7) is -0.357. The van der Waals surface area contributed by atoms with Gasteiger partial charge in [-0.15, -0.1) is 11.3 Å². The van der Waals surface area contributed by atoms with Crippen LogP contribution in [0, 0.1) is 3.95 Å². The first-order valence-electron chi connectivity index (χ1n) is 3.73. The zero-order valence-corrected chi connectivity index (χ0v) is 8.70. The van der Waals surface area contributed by atoms with Gasteiger partial charge in [0.2, 0.25) is 5.91 Å². The molecule has 0 aliphatic carbocycles. The molecule has 0 unspecified atom stereocenters. The van der Waals surface area contributed by atoms with Crippen LogP contribution in [-0.4, -0.2) is 28.5 Å². The number of rotatable bonds is 4. The number of amides is 1. The Bertz CT molecular complexity index is 396. The lowest BCUT2D eigenvalue weighted by Crippen LogP contribution is -2.30. The van der Waals surface area contributed by atoms with Crippen LogP contribution in [-0.2, 0) is 16.0 Å². The topological polar surface area (TPSA) is 82.2 Å². The van der Waals surface area contributed by atoms with Crippen molar-refractivity contribution < 1.29 is 14.7 Å². The number of aliphatic carboxylic acids is 1. The average molecular weight is 232 g/mol. The minimum absolute atomic E-state index is 0.125. The van der Waals surface area contributed by atoms with Crippen LogP contribution < -0.4 is 5.32 Å². The molecule has 1 aromatic rings. The van der Waals surface area contributed by atoms with Gasteiger partial charge in [0.15, 0.2) is 3.95 Å². The van der Waals surface area contributed by atoms with Gasteiger partial charge in [-0.1, -0.05) is 0 Å². The largest absolute Gasteiger partial charge is 0.480 e. The highest BCUT2D eigenvalue weighted by Crippen LogP contribution is 2.04. The van der Waals surface area contributed by atoms with Crippen LogP contribution in [0.25, 0.3) is 0 Å². The summed E-state index contributed by atoms with van der Waals surface area (Å²) >= 11 is 6.16. The van der Waals surface area contributed by atoms with E-state index in [-0.39, 0.29) is 18.9 Å². The molecule has 0 saturated heterocycles. The van der Waals surface area contributed by atoms with Crippen molar-refractivity contribution in [3.63, 3.8) is 0 Å². The van der Waals surface area contributed by atoms with Crippen LogP contribution in [0.4, 0.5) is 0 Å². The summed E-state index contributed by atoms with van der Waals surface area (Å²) in [6.07, 6.45) is 0.125. The zero-order chi connectivity index (χ0) is 10.6. The van der Waals surface area contributed by atoms with E-state index in [2.05, 4.69) is 10.3 Å². The molecule has 7 heteroatoms. The Morgan fingerprint density at radius 2 is 2.36 bits per heavy atom. The molecule has 0 atom stereocenters. The van der Waals surface area contributed by atoms with Crippen LogP contribution in [0.15, 0.2) is 5.38 Å². The molecular weight excluding hydrogens is 224 g/mol. The fraction of sp³-hybridized carbons (Fsp3) is 0.286. The molecule has 0 fully saturated rings. The van der Waals surface area contributed by atoms with Crippen molar-refractivity contribution in [3.05, 3.63) is 15.0 Å². The highest BCUT2D eigenvalue weighted by molar-refractivity contribution is 7.73. The lowest BCUT2D eigenvalue weighted by atomic mass is 10.3. The Balaban J connectivity index is 2.41. The zero-order valence-electron chi connectivity index (χ0n) is 7.07. The summed E-state index contributed by atoms with van der Waals surface area (Å²) in [5, 5.41) is 12.3. The first-order valence-corrected chi connectivity index (χ1v) is 5.02. The van der Waals surface area contributed by atoms with Crippen molar-refractivity contribution in [1.29, 1.82) is 0 Å². The van der Waals surface area contributed by atoms with Crippen molar-refractivity contribution >= 4 is 35.4 Å². The third kappa shape index (κ3) is 3.67. The molecule has 0 saturated carbocycles. The van der Waals surface area contributed by atoms with Crippen LogP contribution in [0.1, 0.15) is 5.69 Å². The van der Waals surface area contributed by atoms with Crippen molar-refractivity contribution in [2.24, 2.45) is 0 Å². The molecule has 1 rings (SSSR count). The average Bonchev–Trinajstić information content (AvgIpc) is 2.48. The van der Waals surface area contributed by atoms with Gasteiger partial charge in [-0.2, -0.15) is 0 Å². The Kier molecular flexibility index (Phi) is 3.78. The van der Waals surface area contributed by atoms with E-state index in [9.17, 15) is 9.59 Å². The molecule has 1 amide bonds. The van der Waals surface area contributed by atoms with Crippen molar-refractivity contribution in [3.8, 4) is 0 Å². The monoisotopic (exact) mass is 232 g/mol. The SMILES string of the molecule is O=C(O)CNC(=O)Cc1csc(=S)[nH]1. The molecule has 0 spiro atoms. The highest BCUT2D eigenvalue weighted by Gasteiger charge is 2.05. The van der Waals surface area contributed by atoms with Gasteiger partial charge < -0.3 is 15.4 Å². The number of H-pyrrole nitrogens is 1. The molecule has 1 aromatic heterocycles. The molecule has 0 aliphatic rings. The quantitative estimate of drug-likeness (QED) is 0.662. The smallest absolute Gasteiger partial charge is 0.322 e. The second kappa shape index (κ2) is 4.87. The lowest BCUT2D eigenvalue weighted by Gasteiger charge is -1.99. The third-order valence-corrected chi connectivity index (χ3v) is 2.47. The maximum Gasteiger partial charge on any atom is 0.322 e. The number of hydrogen-bond donors (Lipinski definition) is 3. The molecule has 76 valence electrons. The molecule has 0 aliphatic heterocycles. The summed E-state index contributed by atoms with van der Waals surface area (Å²) in [4.78, 5) is 24.0. The van der Waals surface area contributed by atoms with Crippen LogP contribution in [0.3, 0.4) is 0 Å². The highest BCUT2D eigenvalue weighted by atomic mass is 32.1. The standard InChI is InChI=1S/C7H8N2O3S2/c10-5(8-2-6(11)12)1-4-3-14-7(13)9-4/h3H,1-2H2,(H,8,10)(H,9,13)(H,11,12). The van der Waals surface area contributed by atoms with E-state index in [1.54, 1.807) is 5.38 Å². The summed E-state index contributed by atoms with van der Waals surface area (Å²) in [5.41, 5.74) is 0.697. The van der Waals surface area contributed by atoms with Crippen LogP contribution in [0.2, 0.25) is 0 Å². The van der Waals surface area contributed by atoms with Crippen molar-refractivity contribution in [2.45, 2.75) is 6.42 Å². The van der Waals surface area contributed by atoms with Gasteiger partial charge in [0.1, 0.15) is 6.54 Å². The summed E-state index contributed by atoms with van der Waals surface area (Å²) in [7, 11) is 0. The molecule has 14 heavy (non-hydrogen) atoms. The summed E-state index contributed by atoms with van der Waals surface area (Å²) in [6, 6.07) is 0. The molecule has 0 radical (unpaired) electrons. The number of carbonyl (C=O) groups excluding carboxylic acids is 1. The molecule has 0 bridgehead atoms. The number of hydrogen-bond acceptors (Lipinski definition) is 4. The predicted octanol–water partition coefficient (Wildman–Crippen LogP) is 0.549. The maximum atomic E-state index is 11.1. The van der Waals surface area contributed by atoms with Crippen LogP contribution in [0.5, 0.6) is 0 Å². The minimum atomic E-state index is -1.06. The Morgan fingerprint density at radius 3 is 2.86 bits per heavy atom. The van der Waals surface area contributed by atoms with Gasteiger partial charge in [0.05, 0.1) is 6.42 Å². The van der Waals surface area contributed by atoms with E-state index in [0.717, 1.165) is 0 Å². The molecule has 1 heterocycles. The second-order valence-electron chi connectivity index (χ2n) is 2.52. The van der Waals surface area contributed by atoms with Crippen LogP contribution >= 0.6 is 23.6 Å². The number of carboxylic acid groups (broad SMARTS) is 1. The number of carbonyl (C=O) groups is 2.